The van der Waals surface area contributed by atoms with Crippen molar-refractivity contribution in [3.05, 3.63) is 29.8 Å². The summed E-state index contributed by atoms with van der Waals surface area (Å²) in [6, 6.07) is 7.03. The minimum absolute atomic E-state index is 0.117. The lowest BCUT2D eigenvalue weighted by atomic mass is 9.81. The number of rotatable bonds is 9. The van der Waals surface area contributed by atoms with E-state index < -0.39 is 21.2 Å². The molecule has 1 aromatic carbocycles. The Labute approximate surface area is 138 Å². The normalized spacial score (nSPS) is 16.7. The maximum absolute atomic E-state index is 12.6. The number of benzene rings is 1. The van der Waals surface area contributed by atoms with Crippen LogP contribution in [0.4, 0.5) is 0 Å². The fourth-order valence-corrected chi connectivity index (χ4v) is 4.84. The summed E-state index contributed by atoms with van der Waals surface area (Å²) < 4.78 is 25.1. The molecule has 1 aromatic rings. The van der Waals surface area contributed by atoms with Crippen molar-refractivity contribution >= 4 is 15.8 Å². The summed E-state index contributed by atoms with van der Waals surface area (Å²) in [5.74, 6) is -1.07. The largest absolute Gasteiger partial charge is 0.481 e. The van der Waals surface area contributed by atoms with Crippen molar-refractivity contribution in [1.29, 1.82) is 0 Å². The Kier molecular flexibility index (Phi) is 5.81. The van der Waals surface area contributed by atoms with E-state index in [1.165, 1.54) is 6.42 Å². The molecular weight excluding hydrogens is 314 g/mol. The molecule has 0 atom stereocenters. The SMILES string of the molecule is CCCCCc1ccc(S(=O)(=O)CC2(CC(=O)O)CNC2)cc1. The van der Waals surface area contributed by atoms with E-state index in [9.17, 15) is 13.2 Å². The van der Waals surface area contributed by atoms with Crippen LogP contribution < -0.4 is 5.32 Å². The molecule has 0 radical (unpaired) electrons. The zero-order valence-electron chi connectivity index (χ0n) is 13.5. The van der Waals surface area contributed by atoms with Crippen LogP contribution in [0, 0.1) is 5.41 Å². The smallest absolute Gasteiger partial charge is 0.304 e. The van der Waals surface area contributed by atoms with E-state index in [1.54, 1.807) is 12.1 Å². The first-order valence-electron chi connectivity index (χ1n) is 8.11. The molecule has 1 aliphatic heterocycles. The molecule has 2 rings (SSSR count). The molecule has 128 valence electrons. The van der Waals surface area contributed by atoms with Crippen molar-refractivity contribution in [2.75, 3.05) is 18.8 Å². The Balaban J connectivity index is 2.05. The van der Waals surface area contributed by atoms with Crippen LogP contribution in [0.2, 0.25) is 0 Å². The summed E-state index contributed by atoms with van der Waals surface area (Å²) in [6.45, 7) is 3.03. The Morgan fingerprint density at radius 2 is 1.87 bits per heavy atom. The van der Waals surface area contributed by atoms with E-state index in [1.807, 2.05) is 12.1 Å². The average Bonchev–Trinajstić information content (AvgIpc) is 2.45. The van der Waals surface area contributed by atoms with E-state index in [2.05, 4.69) is 12.2 Å². The van der Waals surface area contributed by atoms with Gasteiger partial charge in [-0.25, -0.2) is 8.42 Å². The van der Waals surface area contributed by atoms with Crippen LogP contribution in [0.25, 0.3) is 0 Å². The fraction of sp³-hybridized carbons (Fsp3) is 0.588. The molecule has 1 heterocycles. The van der Waals surface area contributed by atoms with Crippen molar-refractivity contribution in [2.45, 2.75) is 43.9 Å². The number of unbranched alkanes of at least 4 members (excludes halogenated alkanes) is 2. The third-order valence-corrected chi connectivity index (χ3v) is 6.36. The van der Waals surface area contributed by atoms with Crippen LogP contribution in [0.3, 0.4) is 0 Å². The summed E-state index contributed by atoms with van der Waals surface area (Å²) in [4.78, 5) is 11.3. The van der Waals surface area contributed by atoms with Gasteiger partial charge >= 0.3 is 5.97 Å². The number of carbonyl (C=O) groups is 1. The standard InChI is InChI=1S/C17H25NO4S/c1-2-3-4-5-14-6-8-15(9-7-14)23(21,22)13-17(10-16(19)20)11-18-12-17/h6-9,18H,2-5,10-13H2,1H3,(H,19,20). The molecule has 0 spiro atoms. The number of hydrogen-bond acceptors (Lipinski definition) is 4. The van der Waals surface area contributed by atoms with Gasteiger partial charge in [0, 0.05) is 18.5 Å². The lowest BCUT2D eigenvalue weighted by molar-refractivity contribution is -0.140. The van der Waals surface area contributed by atoms with Gasteiger partial charge in [0.15, 0.2) is 9.84 Å². The molecule has 2 N–H and O–H groups in total. The van der Waals surface area contributed by atoms with Gasteiger partial charge < -0.3 is 10.4 Å². The van der Waals surface area contributed by atoms with Gasteiger partial charge in [-0.2, -0.15) is 0 Å². The van der Waals surface area contributed by atoms with Gasteiger partial charge in [0.05, 0.1) is 17.1 Å². The quantitative estimate of drug-likeness (QED) is 0.674. The number of carboxylic acids is 1. The first-order chi connectivity index (χ1) is 10.9. The van der Waals surface area contributed by atoms with Crippen molar-refractivity contribution in [3.63, 3.8) is 0 Å². The third kappa shape index (κ3) is 4.78. The fourth-order valence-electron chi connectivity index (χ4n) is 3.01. The topological polar surface area (TPSA) is 83.5 Å². The Hall–Kier alpha value is -1.40. The second-order valence-electron chi connectivity index (χ2n) is 6.53. The van der Waals surface area contributed by atoms with Crippen LogP contribution in [0.15, 0.2) is 29.2 Å². The number of nitrogens with one attached hydrogen (secondary N) is 1. The molecular formula is C17H25NO4S. The second kappa shape index (κ2) is 7.45. The number of aliphatic carboxylic acids is 1. The van der Waals surface area contributed by atoms with Crippen LogP contribution in [0.1, 0.15) is 38.2 Å². The summed E-state index contributed by atoms with van der Waals surface area (Å²) in [5.41, 5.74) is 0.466. The molecule has 0 aliphatic carbocycles. The second-order valence-corrected chi connectivity index (χ2v) is 8.52. The molecule has 6 heteroatoms. The van der Waals surface area contributed by atoms with E-state index in [0.717, 1.165) is 24.8 Å². The molecule has 1 aliphatic rings. The van der Waals surface area contributed by atoms with Gasteiger partial charge in [0.2, 0.25) is 0 Å². The first kappa shape index (κ1) is 17.9. The molecule has 23 heavy (non-hydrogen) atoms. The minimum Gasteiger partial charge on any atom is -0.481 e. The summed E-state index contributed by atoms with van der Waals surface area (Å²) >= 11 is 0. The maximum Gasteiger partial charge on any atom is 0.304 e. The van der Waals surface area contributed by atoms with Crippen LogP contribution in [0.5, 0.6) is 0 Å². The van der Waals surface area contributed by atoms with Gasteiger partial charge in [-0.1, -0.05) is 31.9 Å². The summed E-state index contributed by atoms with van der Waals surface area (Å²) in [6.07, 6.45) is 4.28. The molecule has 0 unspecified atom stereocenters. The molecule has 0 aromatic heterocycles. The average molecular weight is 339 g/mol. The van der Waals surface area contributed by atoms with Crippen LogP contribution >= 0.6 is 0 Å². The van der Waals surface area contributed by atoms with Crippen molar-refractivity contribution in [1.82, 2.24) is 5.32 Å². The number of hydrogen-bond donors (Lipinski definition) is 2. The van der Waals surface area contributed by atoms with Crippen molar-refractivity contribution in [2.24, 2.45) is 5.41 Å². The highest BCUT2D eigenvalue weighted by atomic mass is 32.2. The lowest BCUT2D eigenvalue weighted by Gasteiger charge is -2.41. The molecule has 0 saturated carbocycles. The monoisotopic (exact) mass is 339 g/mol. The number of carboxylic acid groups (broad SMARTS) is 1. The van der Waals surface area contributed by atoms with Crippen LogP contribution in [-0.4, -0.2) is 38.3 Å². The predicted octanol–water partition coefficient (Wildman–Crippen LogP) is 2.26. The highest BCUT2D eigenvalue weighted by Gasteiger charge is 2.43. The number of aryl methyl sites for hydroxylation is 1. The van der Waals surface area contributed by atoms with E-state index in [4.69, 9.17) is 5.11 Å². The molecule has 0 bridgehead atoms. The van der Waals surface area contributed by atoms with E-state index in [0.29, 0.717) is 13.1 Å². The van der Waals surface area contributed by atoms with Crippen LogP contribution in [-0.2, 0) is 21.1 Å². The van der Waals surface area contributed by atoms with Crippen molar-refractivity contribution < 1.29 is 18.3 Å². The molecule has 1 saturated heterocycles. The van der Waals surface area contributed by atoms with Crippen molar-refractivity contribution in [3.8, 4) is 0 Å². The summed E-state index contributed by atoms with van der Waals surface area (Å²) in [7, 11) is -3.47. The molecule has 0 amide bonds. The first-order valence-corrected chi connectivity index (χ1v) is 9.76. The minimum atomic E-state index is -3.47. The Morgan fingerprint density at radius 3 is 2.35 bits per heavy atom. The van der Waals surface area contributed by atoms with E-state index >= 15 is 0 Å². The van der Waals surface area contributed by atoms with Gasteiger partial charge in [-0.15, -0.1) is 0 Å². The van der Waals surface area contributed by atoms with Gasteiger partial charge in [-0.3, -0.25) is 4.79 Å². The van der Waals surface area contributed by atoms with Gasteiger partial charge in [0.25, 0.3) is 0 Å². The number of sulfone groups is 1. The highest BCUT2D eigenvalue weighted by molar-refractivity contribution is 7.91. The molecule has 1 fully saturated rings. The highest BCUT2D eigenvalue weighted by Crippen LogP contribution is 2.31. The third-order valence-electron chi connectivity index (χ3n) is 4.37. The van der Waals surface area contributed by atoms with Gasteiger partial charge in [-0.05, 0) is 30.5 Å². The van der Waals surface area contributed by atoms with E-state index in [-0.39, 0.29) is 17.1 Å². The Bertz CT molecular complexity index is 633. The Morgan fingerprint density at radius 1 is 1.22 bits per heavy atom. The van der Waals surface area contributed by atoms with Gasteiger partial charge in [0.1, 0.15) is 0 Å². The predicted molar refractivity (Wildman–Crippen MR) is 89.3 cm³/mol. The lowest BCUT2D eigenvalue weighted by Crippen LogP contribution is -2.57. The zero-order chi connectivity index (χ0) is 16.9. The summed E-state index contributed by atoms with van der Waals surface area (Å²) in [5, 5.41) is 12.0. The zero-order valence-corrected chi connectivity index (χ0v) is 14.4. The molecule has 5 nitrogen and oxygen atoms in total. The maximum atomic E-state index is 12.6.